The van der Waals surface area contributed by atoms with E-state index in [-0.39, 0.29) is 17.6 Å². The zero-order valence-electron chi connectivity index (χ0n) is 11.5. The molecule has 0 aromatic carbocycles. The second-order valence-electron chi connectivity index (χ2n) is 5.19. The lowest BCUT2D eigenvalue weighted by atomic mass is 10.1. The molecule has 0 bridgehead atoms. The summed E-state index contributed by atoms with van der Waals surface area (Å²) in [5, 5.41) is 20.3. The van der Waals surface area contributed by atoms with Crippen molar-refractivity contribution in [3.8, 4) is 0 Å². The first-order chi connectivity index (χ1) is 9.40. The number of aryl methyl sites for hydroxylation is 1. The van der Waals surface area contributed by atoms with Crippen molar-refractivity contribution >= 4 is 22.9 Å². The molecule has 1 aliphatic rings. The van der Waals surface area contributed by atoms with Gasteiger partial charge in [-0.2, -0.15) is 0 Å². The smallest absolute Gasteiger partial charge is 0.283 e. The first-order valence-corrected chi connectivity index (χ1v) is 7.45. The summed E-state index contributed by atoms with van der Waals surface area (Å²) in [6.07, 6.45) is 1.89. The molecule has 7 heteroatoms. The van der Waals surface area contributed by atoms with Gasteiger partial charge in [-0.15, -0.1) is 11.3 Å². The molecule has 1 aromatic rings. The van der Waals surface area contributed by atoms with Crippen LogP contribution in [-0.2, 0) is 0 Å². The van der Waals surface area contributed by atoms with E-state index in [0.717, 1.165) is 24.2 Å². The Balaban J connectivity index is 2.18. The predicted molar refractivity (Wildman–Crippen MR) is 76.1 cm³/mol. The first-order valence-electron chi connectivity index (χ1n) is 6.64. The third kappa shape index (κ3) is 2.99. The minimum absolute atomic E-state index is 0.00428. The predicted octanol–water partition coefficient (Wildman–Crippen LogP) is 2.34. The van der Waals surface area contributed by atoms with E-state index in [2.05, 4.69) is 0 Å². The number of aliphatic hydroxyl groups is 1. The Morgan fingerprint density at radius 1 is 1.70 bits per heavy atom. The normalized spacial score (nSPS) is 20.1. The molecule has 1 aromatic heterocycles. The average Bonchev–Trinajstić information content (AvgIpc) is 2.94. The Morgan fingerprint density at radius 3 is 2.95 bits per heavy atom. The molecule has 1 N–H and O–H groups in total. The Hall–Kier alpha value is -1.47. The van der Waals surface area contributed by atoms with E-state index in [1.54, 1.807) is 18.7 Å². The van der Waals surface area contributed by atoms with Crippen LogP contribution >= 0.6 is 11.3 Å². The number of carbonyl (C=O) groups is 1. The molecule has 1 aliphatic heterocycles. The van der Waals surface area contributed by atoms with Gasteiger partial charge in [0.25, 0.3) is 11.6 Å². The highest BCUT2D eigenvalue weighted by Gasteiger charge is 2.32. The Kier molecular flexibility index (Phi) is 4.39. The molecule has 1 fully saturated rings. The van der Waals surface area contributed by atoms with Crippen molar-refractivity contribution in [3.63, 3.8) is 0 Å². The molecule has 1 saturated heterocycles. The summed E-state index contributed by atoms with van der Waals surface area (Å²) in [5.41, 5.74) is 0.00428. The van der Waals surface area contributed by atoms with Crippen LogP contribution in [-0.4, -0.2) is 39.5 Å². The highest BCUT2D eigenvalue weighted by Crippen LogP contribution is 2.31. The fourth-order valence-electron chi connectivity index (χ4n) is 2.64. The van der Waals surface area contributed by atoms with E-state index in [1.807, 2.05) is 0 Å². The molecule has 2 heterocycles. The fourth-order valence-corrected chi connectivity index (χ4v) is 3.59. The number of amides is 1. The van der Waals surface area contributed by atoms with Gasteiger partial charge in [-0.1, -0.05) is 0 Å². The van der Waals surface area contributed by atoms with E-state index in [1.165, 1.54) is 6.07 Å². The van der Waals surface area contributed by atoms with E-state index in [0.29, 0.717) is 22.7 Å². The third-order valence-electron chi connectivity index (χ3n) is 3.55. The van der Waals surface area contributed by atoms with Crippen molar-refractivity contribution in [2.45, 2.75) is 45.3 Å². The molecular formula is C13H18N2O4S. The number of nitrogens with zero attached hydrogens (tertiary/aromatic N) is 2. The number of carbonyl (C=O) groups excluding carboxylic acids is 1. The van der Waals surface area contributed by atoms with Gasteiger partial charge in [0.05, 0.1) is 20.8 Å². The number of hydrogen-bond acceptors (Lipinski definition) is 5. The lowest BCUT2D eigenvalue weighted by Crippen LogP contribution is -2.36. The number of rotatable bonds is 4. The highest BCUT2D eigenvalue weighted by atomic mass is 32.1. The Labute approximate surface area is 121 Å². The topological polar surface area (TPSA) is 83.7 Å². The third-order valence-corrected chi connectivity index (χ3v) is 4.58. The molecule has 0 saturated carbocycles. The Morgan fingerprint density at radius 2 is 2.40 bits per heavy atom. The van der Waals surface area contributed by atoms with E-state index in [9.17, 15) is 20.0 Å². The van der Waals surface area contributed by atoms with Crippen molar-refractivity contribution in [3.05, 3.63) is 25.9 Å². The summed E-state index contributed by atoms with van der Waals surface area (Å²) in [6.45, 7) is 4.01. The maximum Gasteiger partial charge on any atom is 0.283 e. The molecule has 20 heavy (non-hydrogen) atoms. The molecule has 0 aliphatic carbocycles. The highest BCUT2D eigenvalue weighted by molar-refractivity contribution is 7.14. The summed E-state index contributed by atoms with van der Waals surface area (Å²) >= 11 is 1.16. The van der Waals surface area contributed by atoms with Gasteiger partial charge in [0.1, 0.15) is 0 Å². The molecular weight excluding hydrogens is 280 g/mol. The largest absolute Gasteiger partial charge is 0.393 e. The van der Waals surface area contributed by atoms with Gasteiger partial charge < -0.3 is 10.0 Å². The lowest BCUT2D eigenvalue weighted by Gasteiger charge is -2.25. The van der Waals surface area contributed by atoms with Crippen molar-refractivity contribution in [2.75, 3.05) is 6.54 Å². The maximum atomic E-state index is 12.5. The molecule has 1 amide bonds. The maximum absolute atomic E-state index is 12.5. The quantitative estimate of drug-likeness (QED) is 0.683. The second-order valence-corrected chi connectivity index (χ2v) is 6.44. The summed E-state index contributed by atoms with van der Waals surface area (Å²) in [4.78, 5) is 25.5. The summed E-state index contributed by atoms with van der Waals surface area (Å²) in [5.74, 6) is -0.158. The molecule has 0 spiro atoms. The standard InChI is InChI=1S/C13H18N2O4S/c1-8(16)6-10-4-3-5-14(10)13(17)12-7-11(15(18)19)9(2)20-12/h7-8,10,16H,3-6H2,1-2H3. The Bertz CT molecular complexity index is 526. The van der Waals surface area contributed by atoms with Crippen LogP contribution in [0.3, 0.4) is 0 Å². The number of aliphatic hydroxyl groups excluding tert-OH is 1. The van der Waals surface area contributed by atoms with Crippen LogP contribution in [0.2, 0.25) is 0 Å². The van der Waals surface area contributed by atoms with Crippen molar-refractivity contribution in [2.24, 2.45) is 0 Å². The van der Waals surface area contributed by atoms with Gasteiger partial charge in [0.2, 0.25) is 0 Å². The van der Waals surface area contributed by atoms with Gasteiger partial charge >= 0.3 is 0 Å². The van der Waals surface area contributed by atoms with Gasteiger partial charge in [0, 0.05) is 18.7 Å². The molecule has 2 rings (SSSR count). The van der Waals surface area contributed by atoms with Gasteiger partial charge in [-0.25, -0.2) is 0 Å². The zero-order valence-corrected chi connectivity index (χ0v) is 12.4. The molecule has 110 valence electrons. The van der Waals surface area contributed by atoms with E-state index >= 15 is 0 Å². The van der Waals surface area contributed by atoms with Crippen LogP contribution in [0.1, 0.15) is 40.7 Å². The summed E-state index contributed by atoms with van der Waals surface area (Å²) < 4.78 is 0. The molecule has 0 radical (unpaired) electrons. The van der Waals surface area contributed by atoms with Crippen LogP contribution < -0.4 is 0 Å². The van der Waals surface area contributed by atoms with Crippen LogP contribution in [0.15, 0.2) is 6.07 Å². The molecule has 2 atom stereocenters. The van der Waals surface area contributed by atoms with Crippen LogP contribution in [0, 0.1) is 17.0 Å². The minimum atomic E-state index is -0.458. The number of nitro groups is 1. The number of thiophene rings is 1. The number of hydrogen-bond donors (Lipinski definition) is 1. The minimum Gasteiger partial charge on any atom is -0.393 e. The van der Waals surface area contributed by atoms with E-state index in [4.69, 9.17) is 0 Å². The van der Waals surface area contributed by atoms with E-state index < -0.39 is 11.0 Å². The SMILES string of the molecule is Cc1sc(C(=O)N2CCCC2CC(C)O)cc1[N+](=O)[O-]. The lowest BCUT2D eigenvalue weighted by molar-refractivity contribution is -0.385. The van der Waals surface area contributed by atoms with Crippen molar-refractivity contribution in [1.82, 2.24) is 4.90 Å². The fraction of sp³-hybridized carbons (Fsp3) is 0.615. The first kappa shape index (κ1) is 14.9. The average molecular weight is 298 g/mol. The second kappa shape index (κ2) is 5.88. The van der Waals surface area contributed by atoms with Crippen LogP contribution in [0.25, 0.3) is 0 Å². The number of likely N-dealkylation sites (tertiary alicyclic amines) is 1. The zero-order chi connectivity index (χ0) is 14.9. The van der Waals surface area contributed by atoms with Gasteiger partial charge in [-0.3, -0.25) is 14.9 Å². The van der Waals surface area contributed by atoms with Gasteiger partial charge in [0.15, 0.2) is 0 Å². The van der Waals surface area contributed by atoms with Crippen LogP contribution in [0.4, 0.5) is 5.69 Å². The van der Waals surface area contributed by atoms with Crippen molar-refractivity contribution < 1.29 is 14.8 Å². The molecule has 6 nitrogen and oxygen atoms in total. The molecule has 2 unspecified atom stereocenters. The van der Waals surface area contributed by atoms with Crippen LogP contribution in [0.5, 0.6) is 0 Å². The summed E-state index contributed by atoms with van der Waals surface area (Å²) in [7, 11) is 0. The van der Waals surface area contributed by atoms with Gasteiger partial charge in [-0.05, 0) is 33.1 Å². The van der Waals surface area contributed by atoms with Crippen molar-refractivity contribution in [1.29, 1.82) is 0 Å². The summed E-state index contributed by atoms with van der Waals surface area (Å²) in [6, 6.07) is 1.39. The monoisotopic (exact) mass is 298 g/mol.